The maximum absolute atomic E-state index is 8.38. The van der Waals surface area contributed by atoms with Gasteiger partial charge in [-0.2, -0.15) is 0 Å². The number of hydrogen-bond acceptors (Lipinski definition) is 5. The molecule has 0 radical (unpaired) electrons. The third-order valence-corrected chi connectivity index (χ3v) is 2.40. The molecular weight excluding hydrogens is 209 g/mol. The van der Waals surface area contributed by atoms with Crippen molar-refractivity contribution in [2.75, 3.05) is 40.0 Å². The van der Waals surface area contributed by atoms with E-state index in [-0.39, 0.29) is 18.3 Å². The maximum atomic E-state index is 8.38. The van der Waals surface area contributed by atoms with Gasteiger partial charge >= 0.3 is 21.8 Å². The van der Waals surface area contributed by atoms with Crippen LogP contribution in [0.25, 0.3) is 0 Å². The molecule has 0 aromatic rings. The summed E-state index contributed by atoms with van der Waals surface area (Å²) in [5.74, 6) is 0. The fourth-order valence-corrected chi connectivity index (χ4v) is 2.23. The van der Waals surface area contributed by atoms with E-state index in [1.54, 1.807) is 0 Å². The minimum atomic E-state index is 0.125. The zero-order valence-corrected chi connectivity index (χ0v) is 10.1. The van der Waals surface area contributed by atoms with E-state index in [0.717, 1.165) is 0 Å². The summed E-state index contributed by atoms with van der Waals surface area (Å²) in [6.07, 6.45) is 0. The molecule has 0 aromatic carbocycles. The van der Waals surface area contributed by atoms with Gasteiger partial charge in [-0.15, -0.1) is 0 Å². The average Bonchev–Trinajstić information content (AvgIpc) is 2.05. The monoisotopic (exact) mass is 220 g/mol. The Morgan fingerprint density at radius 3 is 0.917 bits per heavy atom. The Kier molecular flexibility index (Phi) is 2.62. The Morgan fingerprint density at radius 1 is 0.583 bits per heavy atom. The summed E-state index contributed by atoms with van der Waals surface area (Å²) in [4.78, 5) is 9.88. The fraction of sp³-hybridized carbons (Fsp3) is 1.00. The van der Waals surface area contributed by atoms with Gasteiger partial charge in [0.05, 0.1) is 40.0 Å². The molecule has 5 nitrogen and oxygen atoms in total. The molecule has 4 bridgehead atoms. The first-order valence-electron chi connectivity index (χ1n) is 4.08. The fourth-order valence-electron chi connectivity index (χ4n) is 2.23. The second-order valence-electron chi connectivity index (χ2n) is 3.53. The standard InChI is InChI=1S/C6H12N4.O.Zn/c1-7-2-9-4-8(1)5-10(3-7)6-9;;/h1-6H2;;. The normalized spacial score (nSPS) is 48.5. The van der Waals surface area contributed by atoms with E-state index < -0.39 is 0 Å². The Labute approximate surface area is 81.8 Å². The summed E-state index contributed by atoms with van der Waals surface area (Å²) < 4.78 is 8.38. The third-order valence-electron chi connectivity index (χ3n) is 2.40. The van der Waals surface area contributed by atoms with Crippen molar-refractivity contribution in [1.29, 1.82) is 0 Å². The Morgan fingerprint density at radius 2 is 0.750 bits per heavy atom. The van der Waals surface area contributed by atoms with E-state index in [1.165, 1.54) is 40.0 Å². The van der Waals surface area contributed by atoms with Crippen molar-refractivity contribution in [2.45, 2.75) is 0 Å². The predicted octanol–water partition coefficient (Wildman–Crippen LogP) is -1.14. The summed E-state index contributed by atoms with van der Waals surface area (Å²) in [7, 11) is 0. The summed E-state index contributed by atoms with van der Waals surface area (Å²) in [6, 6.07) is 0. The first kappa shape index (κ1) is 8.84. The molecule has 4 aliphatic heterocycles. The quantitative estimate of drug-likeness (QED) is 0.483. The van der Waals surface area contributed by atoms with Crippen LogP contribution in [0.3, 0.4) is 0 Å². The molecule has 4 heterocycles. The zero-order chi connectivity index (χ0) is 8.55. The van der Waals surface area contributed by atoms with Crippen molar-refractivity contribution in [2.24, 2.45) is 0 Å². The molecule has 0 spiro atoms. The van der Waals surface area contributed by atoms with Crippen LogP contribution in [-0.4, -0.2) is 59.6 Å². The van der Waals surface area contributed by atoms with Gasteiger partial charge in [0, 0.05) is 0 Å². The van der Waals surface area contributed by atoms with Crippen molar-refractivity contribution < 1.29 is 21.8 Å². The molecular formula is C6H12N4OZn. The summed E-state index contributed by atoms with van der Waals surface area (Å²) in [5.41, 5.74) is 0. The summed E-state index contributed by atoms with van der Waals surface area (Å²) >= 11 is 0.125. The van der Waals surface area contributed by atoms with E-state index in [4.69, 9.17) is 3.57 Å². The molecule has 4 aliphatic rings. The van der Waals surface area contributed by atoms with Crippen LogP contribution < -0.4 is 0 Å². The van der Waals surface area contributed by atoms with Gasteiger partial charge in [-0.05, 0) is 0 Å². The van der Waals surface area contributed by atoms with Crippen LogP contribution in [0.5, 0.6) is 0 Å². The van der Waals surface area contributed by atoms with Crippen molar-refractivity contribution in [3.8, 4) is 0 Å². The third kappa shape index (κ3) is 1.50. The summed E-state index contributed by atoms with van der Waals surface area (Å²) in [6.45, 7) is 7.12. The SMILES string of the molecule is C1N2CN3CN1CN(C2)C3.[O]=[Zn]. The second kappa shape index (κ2) is 3.56. The van der Waals surface area contributed by atoms with Crippen LogP contribution in [0.1, 0.15) is 0 Å². The molecule has 0 amide bonds. The van der Waals surface area contributed by atoms with Gasteiger partial charge in [0.15, 0.2) is 0 Å². The number of rotatable bonds is 0. The molecule has 12 heavy (non-hydrogen) atoms. The molecule has 0 aromatic heterocycles. The van der Waals surface area contributed by atoms with Gasteiger partial charge in [-0.25, -0.2) is 0 Å². The summed E-state index contributed by atoms with van der Waals surface area (Å²) in [5, 5.41) is 0. The van der Waals surface area contributed by atoms with Gasteiger partial charge < -0.3 is 0 Å². The molecule has 4 saturated heterocycles. The molecule has 0 saturated carbocycles. The Bertz CT molecular complexity index is 122. The van der Waals surface area contributed by atoms with E-state index in [1.807, 2.05) is 0 Å². The van der Waals surface area contributed by atoms with Gasteiger partial charge in [0.25, 0.3) is 0 Å². The van der Waals surface area contributed by atoms with Crippen LogP contribution >= 0.6 is 0 Å². The second-order valence-corrected chi connectivity index (χ2v) is 3.53. The van der Waals surface area contributed by atoms with Gasteiger partial charge in [0.1, 0.15) is 0 Å². The molecule has 4 fully saturated rings. The zero-order valence-electron chi connectivity index (χ0n) is 7.15. The predicted molar refractivity (Wildman–Crippen MR) is 37.2 cm³/mol. The molecule has 0 unspecified atom stereocenters. The average molecular weight is 222 g/mol. The Balaban J connectivity index is 0.000000264. The van der Waals surface area contributed by atoms with Crippen molar-refractivity contribution in [1.82, 2.24) is 19.6 Å². The minimum absolute atomic E-state index is 0.125. The molecule has 0 N–H and O–H groups in total. The van der Waals surface area contributed by atoms with Crippen molar-refractivity contribution in [3.05, 3.63) is 0 Å². The van der Waals surface area contributed by atoms with Crippen LogP contribution in [0, 0.1) is 0 Å². The van der Waals surface area contributed by atoms with E-state index >= 15 is 0 Å². The Hall–Kier alpha value is 0.263. The molecule has 6 heteroatoms. The van der Waals surface area contributed by atoms with Gasteiger partial charge in [-0.3, -0.25) is 19.6 Å². The molecule has 0 aliphatic carbocycles. The molecule has 0 atom stereocenters. The molecule has 4 rings (SSSR count). The van der Waals surface area contributed by atoms with E-state index in [9.17, 15) is 0 Å². The number of hydrogen-bond donors (Lipinski definition) is 0. The van der Waals surface area contributed by atoms with Crippen LogP contribution in [-0.2, 0) is 21.8 Å². The topological polar surface area (TPSA) is 30.0 Å². The van der Waals surface area contributed by atoms with Crippen LogP contribution in [0.2, 0.25) is 0 Å². The van der Waals surface area contributed by atoms with Crippen LogP contribution in [0.4, 0.5) is 0 Å². The van der Waals surface area contributed by atoms with Crippen LogP contribution in [0.15, 0.2) is 0 Å². The number of nitrogens with zero attached hydrogens (tertiary/aromatic N) is 4. The van der Waals surface area contributed by atoms with Gasteiger partial charge in [-0.1, -0.05) is 0 Å². The van der Waals surface area contributed by atoms with Crippen molar-refractivity contribution >= 4 is 0 Å². The van der Waals surface area contributed by atoms with E-state index in [2.05, 4.69) is 19.6 Å². The first-order valence-corrected chi connectivity index (χ1v) is 5.29. The van der Waals surface area contributed by atoms with Crippen molar-refractivity contribution in [3.63, 3.8) is 0 Å². The van der Waals surface area contributed by atoms with E-state index in [0.29, 0.717) is 0 Å². The first-order chi connectivity index (χ1) is 5.90. The molecule has 64 valence electrons. The van der Waals surface area contributed by atoms with Gasteiger partial charge in [0.2, 0.25) is 0 Å².